The van der Waals surface area contributed by atoms with Gasteiger partial charge in [0.1, 0.15) is 6.10 Å². The number of halogens is 6. The molecule has 1 N–H and O–H groups in total. The van der Waals surface area contributed by atoms with Crippen LogP contribution in [0.5, 0.6) is 0 Å². The van der Waals surface area contributed by atoms with Gasteiger partial charge in [0.05, 0.1) is 0 Å². The third-order valence-electron chi connectivity index (χ3n) is 3.40. The molecule has 0 amide bonds. The van der Waals surface area contributed by atoms with Crippen molar-refractivity contribution in [2.75, 3.05) is 0 Å². The Balaban J connectivity index is 3.42. The van der Waals surface area contributed by atoms with Crippen LogP contribution in [0.4, 0.5) is 26.3 Å². The Bertz CT molecular complexity index is 524. The van der Waals surface area contributed by atoms with E-state index in [1.807, 2.05) is 0 Å². The molecule has 130 valence electrons. The van der Waals surface area contributed by atoms with Crippen LogP contribution >= 0.6 is 0 Å². The standard InChI is InChI=1S/C14H14F6O3/c1-8(12(22,13(15,16)17)14(18,19)20)11(23-9(2)21)10-6-4-3-5-7-10/h3-8,11,22H,1-2H3. The lowest BCUT2D eigenvalue weighted by Crippen LogP contribution is -2.62. The fraction of sp³-hybridized carbons (Fsp3) is 0.500. The number of ether oxygens (including phenoxy) is 1. The number of esters is 1. The van der Waals surface area contributed by atoms with Gasteiger partial charge in [-0.3, -0.25) is 4.79 Å². The van der Waals surface area contributed by atoms with Crippen LogP contribution in [-0.2, 0) is 9.53 Å². The van der Waals surface area contributed by atoms with Crippen LogP contribution in [0.3, 0.4) is 0 Å². The normalized spacial score (nSPS) is 15.9. The molecule has 1 rings (SSSR count). The molecule has 23 heavy (non-hydrogen) atoms. The van der Waals surface area contributed by atoms with Crippen molar-refractivity contribution in [2.45, 2.75) is 37.9 Å². The summed E-state index contributed by atoms with van der Waals surface area (Å²) in [7, 11) is 0. The van der Waals surface area contributed by atoms with Crippen LogP contribution in [0, 0.1) is 5.92 Å². The number of hydrogen-bond donors (Lipinski definition) is 1. The number of carbonyl (C=O) groups is 1. The van der Waals surface area contributed by atoms with Gasteiger partial charge >= 0.3 is 18.3 Å². The molecule has 0 spiro atoms. The van der Waals surface area contributed by atoms with E-state index in [4.69, 9.17) is 0 Å². The lowest BCUT2D eigenvalue weighted by atomic mass is 9.80. The molecule has 0 radical (unpaired) electrons. The fourth-order valence-electron chi connectivity index (χ4n) is 2.18. The number of benzene rings is 1. The Kier molecular flexibility index (Phi) is 5.35. The van der Waals surface area contributed by atoms with Crippen LogP contribution < -0.4 is 0 Å². The Hall–Kier alpha value is -1.77. The van der Waals surface area contributed by atoms with Crippen molar-refractivity contribution in [1.82, 2.24) is 0 Å². The van der Waals surface area contributed by atoms with Gasteiger partial charge in [-0.25, -0.2) is 0 Å². The summed E-state index contributed by atoms with van der Waals surface area (Å²) in [6, 6.07) is 6.62. The second kappa shape index (κ2) is 6.38. The van der Waals surface area contributed by atoms with Crippen molar-refractivity contribution >= 4 is 5.97 Å². The van der Waals surface area contributed by atoms with Crippen molar-refractivity contribution in [3.63, 3.8) is 0 Å². The maximum absolute atomic E-state index is 13.0. The van der Waals surface area contributed by atoms with Gasteiger partial charge in [0.2, 0.25) is 0 Å². The van der Waals surface area contributed by atoms with Crippen molar-refractivity contribution in [3.05, 3.63) is 35.9 Å². The first-order valence-electron chi connectivity index (χ1n) is 6.40. The lowest BCUT2D eigenvalue weighted by molar-refractivity contribution is -0.389. The molecule has 0 bridgehead atoms. The molecule has 0 fully saturated rings. The van der Waals surface area contributed by atoms with Crippen molar-refractivity contribution < 1.29 is 41.0 Å². The summed E-state index contributed by atoms with van der Waals surface area (Å²) in [5.74, 6) is -3.59. The van der Waals surface area contributed by atoms with E-state index in [0.29, 0.717) is 6.92 Å². The van der Waals surface area contributed by atoms with Crippen LogP contribution in [0.15, 0.2) is 30.3 Å². The van der Waals surface area contributed by atoms with Gasteiger partial charge in [0, 0.05) is 12.8 Å². The third-order valence-corrected chi connectivity index (χ3v) is 3.40. The largest absolute Gasteiger partial charge is 0.457 e. The van der Waals surface area contributed by atoms with Gasteiger partial charge < -0.3 is 9.84 Å². The molecule has 0 aliphatic heterocycles. The van der Waals surface area contributed by atoms with Gasteiger partial charge in [-0.15, -0.1) is 0 Å². The van der Waals surface area contributed by atoms with E-state index >= 15 is 0 Å². The molecular weight excluding hydrogens is 330 g/mol. The van der Waals surface area contributed by atoms with E-state index in [-0.39, 0.29) is 5.56 Å². The van der Waals surface area contributed by atoms with Crippen LogP contribution in [0.25, 0.3) is 0 Å². The van der Waals surface area contributed by atoms with Gasteiger partial charge in [-0.2, -0.15) is 26.3 Å². The zero-order valence-electron chi connectivity index (χ0n) is 12.1. The zero-order chi connectivity index (χ0) is 18.1. The van der Waals surface area contributed by atoms with Gasteiger partial charge in [0.25, 0.3) is 5.60 Å². The quantitative estimate of drug-likeness (QED) is 0.668. The van der Waals surface area contributed by atoms with E-state index in [1.54, 1.807) is 0 Å². The number of carbonyl (C=O) groups excluding carboxylic acids is 1. The summed E-state index contributed by atoms with van der Waals surface area (Å²) >= 11 is 0. The number of aliphatic hydroxyl groups is 1. The predicted octanol–water partition coefficient (Wildman–Crippen LogP) is 3.78. The molecule has 0 heterocycles. The molecule has 3 nitrogen and oxygen atoms in total. The predicted molar refractivity (Wildman–Crippen MR) is 67.2 cm³/mol. The van der Waals surface area contributed by atoms with E-state index in [1.165, 1.54) is 30.3 Å². The van der Waals surface area contributed by atoms with E-state index < -0.39 is 35.9 Å². The van der Waals surface area contributed by atoms with Crippen molar-refractivity contribution in [3.8, 4) is 0 Å². The highest BCUT2D eigenvalue weighted by atomic mass is 19.4. The lowest BCUT2D eigenvalue weighted by Gasteiger charge is -2.40. The minimum absolute atomic E-state index is 0.0953. The summed E-state index contributed by atoms with van der Waals surface area (Å²) in [6.45, 7) is 1.38. The highest BCUT2D eigenvalue weighted by molar-refractivity contribution is 5.66. The average molecular weight is 344 g/mol. The molecule has 1 aromatic carbocycles. The number of rotatable bonds is 4. The molecule has 2 atom stereocenters. The summed E-state index contributed by atoms with van der Waals surface area (Å²) in [5.41, 5.74) is -5.13. The number of hydrogen-bond acceptors (Lipinski definition) is 3. The molecule has 0 aliphatic rings. The zero-order valence-corrected chi connectivity index (χ0v) is 12.1. The first-order valence-corrected chi connectivity index (χ1v) is 6.40. The molecule has 1 aromatic rings. The minimum atomic E-state index is -6.00. The van der Waals surface area contributed by atoms with Crippen molar-refractivity contribution in [1.29, 1.82) is 0 Å². The Morgan fingerprint density at radius 1 is 1.04 bits per heavy atom. The van der Waals surface area contributed by atoms with Crippen molar-refractivity contribution in [2.24, 2.45) is 5.92 Å². The fourth-order valence-corrected chi connectivity index (χ4v) is 2.18. The second-order valence-corrected chi connectivity index (χ2v) is 4.99. The Labute approximate surface area is 127 Å². The molecule has 0 aliphatic carbocycles. The Morgan fingerprint density at radius 3 is 1.83 bits per heavy atom. The highest BCUT2D eigenvalue weighted by Crippen LogP contribution is 2.51. The maximum atomic E-state index is 13.0. The molecule has 0 aromatic heterocycles. The van der Waals surface area contributed by atoms with E-state index in [2.05, 4.69) is 4.74 Å². The van der Waals surface area contributed by atoms with Gasteiger partial charge in [0.15, 0.2) is 0 Å². The SMILES string of the molecule is CC(=O)OC(c1ccccc1)C(C)C(O)(C(F)(F)F)C(F)(F)F. The summed E-state index contributed by atoms with van der Waals surface area (Å²) < 4.78 is 82.4. The van der Waals surface area contributed by atoms with Crippen LogP contribution in [0.2, 0.25) is 0 Å². The Morgan fingerprint density at radius 2 is 1.48 bits per heavy atom. The first-order chi connectivity index (χ1) is 10.3. The van der Waals surface area contributed by atoms with E-state index in [9.17, 15) is 36.2 Å². The summed E-state index contributed by atoms with van der Waals surface area (Å²) in [5, 5.41) is 9.46. The second-order valence-electron chi connectivity index (χ2n) is 4.99. The minimum Gasteiger partial charge on any atom is -0.457 e. The molecule has 0 saturated heterocycles. The molecule has 9 heteroatoms. The monoisotopic (exact) mass is 344 g/mol. The van der Waals surface area contributed by atoms with Gasteiger partial charge in [-0.1, -0.05) is 37.3 Å². The molecule has 0 saturated carbocycles. The highest BCUT2D eigenvalue weighted by Gasteiger charge is 2.74. The molecular formula is C14H14F6O3. The van der Waals surface area contributed by atoms with Crippen LogP contribution in [-0.4, -0.2) is 29.0 Å². The smallest absolute Gasteiger partial charge is 0.426 e. The third kappa shape index (κ3) is 3.77. The average Bonchev–Trinajstić information content (AvgIpc) is 2.41. The maximum Gasteiger partial charge on any atom is 0.426 e. The number of alkyl halides is 6. The summed E-state index contributed by atoms with van der Waals surface area (Å²) in [4.78, 5) is 11.1. The first kappa shape index (κ1) is 19.3. The topological polar surface area (TPSA) is 46.5 Å². The van der Waals surface area contributed by atoms with Gasteiger partial charge in [-0.05, 0) is 5.56 Å². The molecule has 2 unspecified atom stereocenters. The van der Waals surface area contributed by atoms with E-state index in [0.717, 1.165) is 6.92 Å². The van der Waals surface area contributed by atoms with Crippen LogP contribution in [0.1, 0.15) is 25.5 Å². The summed E-state index contributed by atoms with van der Waals surface area (Å²) in [6.07, 6.45) is -13.9.